The van der Waals surface area contributed by atoms with Crippen molar-refractivity contribution >= 4 is 18.1 Å². The van der Waals surface area contributed by atoms with Crippen LogP contribution in [0, 0.1) is 17.2 Å². The highest BCUT2D eigenvalue weighted by Crippen LogP contribution is 2.54. The van der Waals surface area contributed by atoms with Gasteiger partial charge in [-0.15, -0.1) is 0 Å². The van der Waals surface area contributed by atoms with Crippen molar-refractivity contribution in [3.05, 3.63) is 53.1 Å². The lowest BCUT2D eigenvalue weighted by molar-refractivity contribution is 0.187. The standard InChI is InChI=1S/C26H32FN5O2/c1-3-4-21(30-25(34)31-12-11-28-24(31)33)13-18-5-6-19-14-23-17(15-26(18,19)2)16-29-32(23)22-9-7-20(27)8-10-22/h7-10,14,16,18,21H,3-6,11-13,15H2,1-2H3,(H,28,33)(H,30,34)/t18-,21?,26-/m1/s1. The molecule has 0 bridgehead atoms. The fourth-order valence-corrected chi connectivity index (χ4v) is 5.96. The lowest BCUT2D eigenvalue weighted by Crippen LogP contribution is -2.47. The Morgan fingerprint density at radius 2 is 2.15 bits per heavy atom. The van der Waals surface area contributed by atoms with Crippen LogP contribution in [0.2, 0.25) is 0 Å². The summed E-state index contributed by atoms with van der Waals surface area (Å²) in [6, 6.07) is 5.86. The number of urea groups is 2. The molecule has 2 heterocycles. The van der Waals surface area contributed by atoms with Crippen molar-refractivity contribution in [3.63, 3.8) is 0 Å². The summed E-state index contributed by atoms with van der Waals surface area (Å²) in [6.45, 7) is 5.39. The number of carbonyl (C=O) groups excluding carboxylic acids is 2. The summed E-state index contributed by atoms with van der Waals surface area (Å²) < 4.78 is 15.3. The molecular formula is C26H32FN5O2. The van der Waals surface area contributed by atoms with E-state index in [4.69, 9.17) is 0 Å². The van der Waals surface area contributed by atoms with Crippen LogP contribution in [0.4, 0.5) is 14.0 Å². The van der Waals surface area contributed by atoms with E-state index in [-0.39, 0.29) is 29.3 Å². The molecule has 34 heavy (non-hydrogen) atoms. The van der Waals surface area contributed by atoms with Crippen molar-refractivity contribution in [1.82, 2.24) is 25.3 Å². The molecule has 2 aromatic rings. The number of rotatable bonds is 6. The van der Waals surface area contributed by atoms with E-state index in [0.717, 1.165) is 49.9 Å². The van der Waals surface area contributed by atoms with E-state index in [2.05, 4.69) is 35.7 Å². The number of imide groups is 1. The number of nitrogens with zero attached hydrogens (tertiary/aromatic N) is 3. The van der Waals surface area contributed by atoms with Crippen molar-refractivity contribution in [2.45, 2.75) is 58.4 Å². The zero-order valence-corrected chi connectivity index (χ0v) is 19.8. The van der Waals surface area contributed by atoms with Gasteiger partial charge in [0.1, 0.15) is 5.82 Å². The number of aromatic nitrogens is 2. The molecule has 5 rings (SSSR count). The Morgan fingerprint density at radius 3 is 2.85 bits per heavy atom. The molecule has 2 aliphatic carbocycles. The molecule has 3 aliphatic rings. The van der Waals surface area contributed by atoms with Gasteiger partial charge in [-0.3, -0.25) is 0 Å². The Hall–Kier alpha value is -3.16. The molecule has 180 valence electrons. The number of amides is 4. The predicted octanol–water partition coefficient (Wildman–Crippen LogP) is 4.66. The van der Waals surface area contributed by atoms with E-state index in [1.807, 2.05) is 10.9 Å². The van der Waals surface area contributed by atoms with Crippen LogP contribution in [0.1, 0.15) is 57.2 Å². The average Bonchev–Trinajstić information content (AvgIpc) is 3.50. The number of halogens is 1. The Labute approximate surface area is 199 Å². The molecule has 0 spiro atoms. The molecule has 1 unspecified atom stereocenters. The third-order valence-corrected chi connectivity index (χ3v) is 7.86. The molecule has 2 N–H and O–H groups in total. The van der Waals surface area contributed by atoms with Gasteiger partial charge in [-0.05, 0) is 79.3 Å². The fraction of sp³-hybridized carbons (Fsp3) is 0.500. The summed E-state index contributed by atoms with van der Waals surface area (Å²) in [5.74, 6) is 0.179. The van der Waals surface area contributed by atoms with E-state index >= 15 is 0 Å². The number of carbonyl (C=O) groups is 2. The maximum atomic E-state index is 13.4. The van der Waals surface area contributed by atoms with Crippen LogP contribution in [-0.4, -0.2) is 45.9 Å². The third-order valence-electron chi connectivity index (χ3n) is 7.86. The highest BCUT2D eigenvalue weighted by atomic mass is 19.1. The van der Waals surface area contributed by atoms with Crippen LogP contribution in [0.25, 0.3) is 11.8 Å². The second kappa shape index (κ2) is 8.89. The minimum absolute atomic E-state index is 0.0192. The van der Waals surface area contributed by atoms with Gasteiger partial charge in [0.25, 0.3) is 0 Å². The van der Waals surface area contributed by atoms with Crippen molar-refractivity contribution in [1.29, 1.82) is 0 Å². The second-order valence-electron chi connectivity index (χ2n) is 10.00. The minimum Gasteiger partial charge on any atom is -0.336 e. The normalized spacial score (nSPS) is 24.3. The zero-order valence-electron chi connectivity index (χ0n) is 19.8. The van der Waals surface area contributed by atoms with E-state index in [1.165, 1.54) is 28.2 Å². The summed E-state index contributed by atoms with van der Waals surface area (Å²) in [5, 5.41) is 10.4. The first-order chi connectivity index (χ1) is 16.4. The van der Waals surface area contributed by atoms with Gasteiger partial charge >= 0.3 is 12.1 Å². The van der Waals surface area contributed by atoms with Crippen LogP contribution in [0.15, 0.2) is 36.0 Å². The number of hydrogen-bond acceptors (Lipinski definition) is 3. The van der Waals surface area contributed by atoms with Crippen LogP contribution >= 0.6 is 0 Å². The molecule has 1 aromatic carbocycles. The second-order valence-corrected chi connectivity index (χ2v) is 10.00. The van der Waals surface area contributed by atoms with Crippen LogP contribution < -0.4 is 10.6 Å². The molecule has 3 atom stereocenters. The monoisotopic (exact) mass is 465 g/mol. The smallest absolute Gasteiger partial charge is 0.325 e. The maximum Gasteiger partial charge on any atom is 0.325 e. The zero-order chi connectivity index (χ0) is 23.9. The largest absolute Gasteiger partial charge is 0.336 e. The summed E-state index contributed by atoms with van der Waals surface area (Å²) in [7, 11) is 0. The van der Waals surface area contributed by atoms with Crippen molar-refractivity contribution in [3.8, 4) is 5.69 Å². The molecule has 0 radical (unpaired) electrons. The van der Waals surface area contributed by atoms with Crippen LogP contribution in [-0.2, 0) is 6.42 Å². The average molecular weight is 466 g/mol. The van der Waals surface area contributed by atoms with E-state index in [9.17, 15) is 14.0 Å². The Bertz CT molecular complexity index is 1120. The van der Waals surface area contributed by atoms with Gasteiger partial charge < -0.3 is 10.6 Å². The van der Waals surface area contributed by atoms with Gasteiger partial charge in [0, 0.05) is 19.1 Å². The molecule has 7 nitrogen and oxygen atoms in total. The van der Waals surface area contributed by atoms with Crippen molar-refractivity contribution in [2.24, 2.45) is 11.3 Å². The number of nitrogens with one attached hydrogen (secondary N) is 2. The highest BCUT2D eigenvalue weighted by molar-refractivity contribution is 5.95. The Kier molecular flexibility index (Phi) is 5.91. The first-order valence-corrected chi connectivity index (χ1v) is 12.3. The Balaban J connectivity index is 1.33. The minimum atomic E-state index is -0.316. The van der Waals surface area contributed by atoms with Gasteiger partial charge in [0.15, 0.2) is 0 Å². The van der Waals surface area contributed by atoms with Gasteiger partial charge in [0.05, 0.1) is 17.6 Å². The highest BCUT2D eigenvalue weighted by Gasteiger charge is 2.46. The predicted molar refractivity (Wildman–Crippen MR) is 128 cm³/mol. The van der Waals surface area contributed by atoms with Crippen molar-refractivity contribution in [2.75, 3.05) is 13.1 Å². The maximum absolute atomic E-state index is 13.4. The molecule has 4 amide bonds. The van der Waals surface area contributed by atoms with Gasteiger partial charge in [-0.25, -0.2) is 23.6 Å². The molecule has 1 aromatic heterocycles. The lowest BCUT2D eigenvalue weighted by Gasteiger charge is -2.37. The summed E-state index contributed by atoms with van der Waals surface area (Å²) in [6.07, 6.45) is 9.97. The first kappa shape index (κ1) is 22.6. The molecule has 1 aliphatic heterocycles. The summed E-state index contributed by atoms with van der Waals surface area (Å²) in [5.41, 5.74) is 4.58. The van der Waals surface area contributed by atoms with Gasteiger partial charge in [0.2, 0.25) is 0 Å². The quantitative estimate of drug-likeness (QED) is 0.651. The molecular weight excluding hydrogens is 433 g/mol. The number of benzene rings is 1. The molecule has 8 heteroatoms. The third kappa shape index (κ3) is 3.99. The first-order valence-electron chi connectivity index (χ1n) is 12.3. The fourth-order valence-electron chi connectivity index (χ4n) is 5.96. The van der Waals surface area contributed by atoms with Crippen LogP contribution in [0.5, 0.6) is 0 Å². The van der Waals surface area contributed by atoms with Gasteiger partial charge in [-0.2, -0.15) is 5.10 Å². The SMILES string of the molecule is CCCC(C[C@H]1CCC2=Cc3c(cnn3-c3ccc(F)cc3)C[C@@]21C)NC(=O)N1CCNC1=O. The molecule has 1 saturated carbocycles. The van der Waals surface area contributed by atoms with E-state index in [0.29, 0.717) is 19.0 Å². The van der Waals surface area contributed by atoms with Crippen molar-refractivity contribution < 1.29 is 14.0 Å². The van der Waals surface area contributed by atoms with E-state index < -0.39 is 0 Å². The summed E-state index contributed by atoms with van der Waals surface area (Å²) >= 11 is 0. The van der Waals surface area contributed by atoms with Crippen LogP contribution in [0.3, 0.4) is 0 Å². The Morgan fingerprint density at radius 1 is 1.35 bits per heavy atom. The van der Waals surface area contributed by atoms with E-state index in [1.54, 1.807) is 12.1 Å². The van der Waals surface area contributed by atoms with Gasteiger partial charge in [-0.1, -0.05) is 25.8 Å². The number of fused-ring (bicyclic) bond motifs is 2. The topological polar surface area (TPSA) is 79.3 Å². The number of allylic oxidation sites excluding steroid dienone is 1. The molecule has 1 saturated heterocycles. The summed E-state index contributed by atoms with van der Waals surface area (Å²) in [4.78, 5) is 25.9. The number of hydrogen-bond donors (Lipinski definition) is 2. The molecule has 2 fully saturated rings. The lowest BCUT2D eigenvalue weighted by atomic mass is 9.68.